The normalized spacial score (nSPS) is 12.0. The smallest absolute Gasteiger partial charge is 0.320 e. The van der Waals surface area contributed by atoms with Crippen LogP contribution in [0.25, 0.3) is 0 Å². The third kappa shape index (κ3) is 4.76. The van der Waals surface area contributed by atoms with Crippen molar-refractivity contribution in [2.24, 2.45) is 5.73 Å². The molecule has 0 radical (unpaired) electrons. The average Bonchev–Trinajstić information content (AvgIpc) is 2.54. The summed E-state index contributed by atoms with van der Waals surface area (Å²) in [6, 6.07) is 6.03. The lowest BCUT2D eigenvalue weighted by Gasteiger charge is -2.15. The number of phenols is 1. The molecule has 0 aliphatic carbocycles. The van der Waals surface area contributed by atoms with Crippen molar-refractivity contribution in [1.29, 1.82) is 0 Å². The van der Waals surface area contributed by atoms with Gasteiger partial charge in [0.2, 0.25) is 0 Å². The van der Waals surface area contributed by atoms with Crippen LogP contribution in [-0.2, 0) is 11.2 Å². The molecule has 0 aromatic heterocycles. The number of carbonyl (C=O) groups is 1. The maximum absolute atomic E-state index is 10.9. The van der Waals surface area contributed by atoms with Gasteiger partial charge in [-0.2, -0.15) is 0 Å². The highest BCUT2D eigenvalue weighted by Crippen LogP contribution is 2.37. The van der Waals surface area contributed by atoms with Crippen molar-refractivity contribution in [1.82, 2.24) is 0 Å². The van der Waals surface area contributed by atoms with E-state index in [1.807, 2.05) is 12.1 Å². The lowest BCUT2D eigenvalue weighted by Crippen LogP contribution is -2.32. The molecular formula is C15H11I4NO4. The first-order chi connectivity index (χ1) is 11.2. The van der Waals surface area contributed by atoms with Gasteiger partial charge in [-0.3, -0.25) is 4.79 Å². The number of ether oxygens (including phenoxy) is 1. The molecule has 0 heterocycles. The molecule has 128 valence electrons. The Bertz CT molecular complexity index is 798. The number of nitrogens with two attached hydrogens (primary N) is 1. The zero-order valence-corrected chi connectivity index (χ0v) is 20.5. The lowest BCUT2D eigenvalue weighted by molar-refractivity contribution is -0.138. The van der Waals surface area contributed by atoms with Crippen molar-refractivity contribution in [2.45, 2.75) is 12.5 Å². The van der Waals surface area contributed by atoms with Crippen LogP contribution in [0.3, 0.4) is 0 Å². The molecule has 24 heavy (non-hydrogen) atoms. The summed E-state index contributed by atoms with van der Waals surface area (Å²) in [5.41, 5.74) is 6.49. The number of benzene rings is 2. The zero-order valence-electron chi connectivity index (χ0n) is 11.9. The maximum atomic E-state index is 10.9. The number of aliphatic carboxylic acids is 1. The van der Waals surface area contributed by atoms with E-state index in [-0.39, 0.29) is 12.2 Å². The molecule has 0 aliphatic heterocycles. The molecule has 0 fully saturated rings. The maximum Gasteiger partial charge on any atom is 0.320 e. The molecule has 2 aromatic carbocycles. The fourth-order valence-corrected chi connectivity index (χ4v) is 4.17. The number of carboxylic acids is 1. The van der Waals surface area contributed by atoms with Gasteiger partial charge < -0.3 is 20.7 Å². The van der Waals surface area contributed by atoms with Gasteiger partial charge in [0.1, 0.15) is 23.3 Å². The summed E-state index contributed by atoms with van der Waals surface area (Å²) >= 11 is 8.54. The van der Waals surface area contributed by atoms with Crippen molar-refractivity contribution in [3.63, 3.8) is 0 Å². The van der Waals surface area contributed by atoms with Crippen LogP contribution in [0.4, 0.5) is 0 Å². The molecule has 1 atom stereocenters. The van der Waals surface area contributed by atoms with E-state index in [2.05, 4.69) is 90.4 Å². The molecule has 9 heteroatoms. The van der Waals surface area contributed by atoms with Crippen LogP contribution in [-0.4, -0.2) is 22.2 Å². The third-order valence-corrected chi connectivity index (χ3v) is 9.66. The highest BCUT2D eigenvalue weighted by Gasteiger charge is 2.18. The Morgan fingerprint density at radius 2 is 1.54 bits per heavy atom. The minimum Gasteiger partial charge on any atom is -0.507 e. The molecular weight excluding hydrogens is 766 g/mol. The van der Waals surface area contributed by atoms with Gasteiger partial charge in [0.05, 0.1) is 10.7 Å². The SMILES string of the molecule is N[C@@H](Cc1ccc(Oc2ccc(O)c(I)c2I)c(I)c1I)C(=O)O. The highest BCUT2D eigenvalue weighted by molar-refractivity contribution is 14.1. The zero-order chi connectivity index (χ0) is 18.0. The first-order valence-corrected chi connectivity index (χ1v) is 10.8. The van der Waals surface area contributed by atoms with E-state index < -0.39 is 12.0 Å². The molecule has 2 rings (SSSR count). The molecule has 4 N–H and O–H groups in total. The van der Waals surface area contributed by atoms with Gasteiger partial charge >= 0.3 is 5.97 Å². The van der Waals surface area contributed by atoms with Gasteiger partial charge in [0, 0.05) is 3.57 Å². The van der Waals surface area contributed by atoms with Crippen molar-refractivity contribution in [2.75, 3.05) is 0 Å². The molecule has 0 bridgehead atoms. The van der Waals surface area contributed by atoms with E-state index >= 15 is 0 Å². The third-order valence-electron chi connectivity index (χ3n) is 3.13. The number of hydrogen-bond acceptors (Lipinski definition) is 4. The highest BCUT2D eigenvalue weighted by atomic mass is 127. The number of aromatic hydroxyl groups is 1. The molecule has 0 saturated heterocycles. The van der Waals surface area contributed by atoms with Crippen molar-refractivity contribution >= 4 is 96.3 Å². The fraction of sp³-hybridized carbons (Fsp3) is 0.133. The first-order valence-electron chi connectivity index (χ1n) is 6.52. The topological polar surface area (TPSA) is 92.8 Å². The Morgan fingerprint density at radius 3 is 2.12 bits per heavy atom. The summed E-state index contributed by atoms with van der Waals surface area (Å²) in [5, 5.41) is 18.7. The van der Waals surface area contributed by atoms with Gasteiger partial charge in [-0.25, -0.2) is 0 Å². The molecule has 0 amide bonds. The standard InChI is InChI=1S/C15H11I4NO4/c16-11-6(5-7(20)15(22)23)1-3-9(13(11)18)24-10-4-2-8(21)12(17)14(10)19/h1-4,7,21H,5,20H2,(H,22,23)/t7-/m0/s1. The Morgan fingerprint density at radius 1 is 1.00 bits per heavy atom. The predicted molar refractivity (Wildman–Crippen MR) is 125 cm³/mol. The van der Waals surface area contributed by atoms with E-state index in [9.17, 15) is 9.90 Å². The van der Waals surface area contributed by atoms with E-state index in [0.29, 0.717) is 11.5 Å². The van der Waals surface area contributed by atoms with Gasteiger partial charge in [0.25, 0.3) is 0 Å². The van der Waals surface area contributed by atoms with Crippen LogP contribution in [0.5, 0.6) is 17.2 Å². The van der Waals surface area contributed by atoms with Crippen LogP contribution in [0, 0.1) is 14.3 Å². The first kappa shape index (κ1) is 20.7. The average molecular weight is 777 g/mol. The van der Waals surface area contributed by atoms with E-state index in [1.54, 1.807) is 12.1 Å². The minimum atomic E-state index is -1.02. The Hall–Kier alpha value is 0.390. The van der Waals surface area contributed by atoms with Crippen molar-refractivity contribution < 1.29 is 19.7 Å². The van der Waals surface area contributed by atoms with Gasteiger partial charge in [-0.15, -0.1) is 0 Å². The second kappa shape index (κ2) is 8.85. The second-order valence-electron chi connectivity index (χ2n) is 4.81. The fourth-order valence-electron chi connectivity index (χ4n) is 1.85. The number of rotatable bonds is 5. The Labute approximate surface area is 193 Å². The number of hydrogen-bond donors (Lipinski definition) is 3. The van der Waals surface area contributed by atoms with Gasteiger partial charge in [0.15, 0.2) is 0 Å². The van der Waals surface area contributed by atoms with E-state index in [0.717, 1.165) is 19.8 Å². The number of halogens is 4. The molecule has 0 spiro atoms. The summed E-state index contributed by atoms with van der Waals surface area (Å²) in [6.07, 6.45) is 0.262. The van der Waals surface area contributed by atoms with Crippen LogP contribution in [0.2, 0.25) is 0 Å². The summed E-state index contributed by atoms with van der Waals surface area (Å²) in [5.74, 6) is 0.526. The van der Waals surface area contributed by atoms with Gasteiger partial charge in [-0.1, -0.05) is 6.07 Å². The van der Waals surface area contributed by atoms with Crippen molar-refractivity contribution in [3.05, 3.63) is 44.1 Å². The molecule has 5 nitrogen and oxygen atoms in total. The summed E-state index contributed by atoms with van der Waals surface area (Å²) in [4.78, 5) is 10.9. The summed E-state index contributed by atoms with van der Waals surface area (Å²) in [6.45, 7) is 0. The van der Waals surface area contributed by atoms with Crippen LogP contribution in [0.15, 0.2) is 24.3 Å². The minimum absolute atomic E-state index is 0.217. The van der Waals surface area contributed by atoms with Crippen LogP contribution < -0.4 is 10.5 Å². The van der Waals surface area contributed by atoms with Crippen LogP contribution >= 0.6 is 90.4 Å². The summed E-state index contributed by atoms with van der Waals surface area (Å²) < 4.78 is 9.36. The van der Waals surface area contributed by atoms with E-state index in [1.165, 1.54) is 0 Å². The monoisotopic (exact) mass is 777 g/mol. The number of phenolic OH excluding ortho intramolecular Hbond substituents is 1. The lowest BCUT2D eigenvalue weighted by atomic mass is 10.1. The Kier molecular flexibility index (Phi) is 7.64. The Balaban J connectivity index is 2.32. The molecule has 0 aliphatic rings. The quantitative estimate of drug-likeness (QED) is 0.388. The second-order valence-corrected chi connectivity index (χ2v) is 9.13. The van der Waals surface area contributed by atoms with Crippen LogP contribution in [0.1, 0.15) is 5.56 Å². The largest absolute Gasteiger partial charge is 0.507 e. The number of carboxylic acid groups (broad SMARTS) is 1. The molecule has 0 unspecified atom stereocenters. The summed E-state index contributed by atoms with van der Waals surface area (Å²) in [7, 11) is 0. The molecule has 0 saturated carbocycles. The van der Waals surface area contributed by atoms with Crippen molar-refractivity contribution in [3.8, 4) is 17.2 Å². The molecule has 2 aromatic rings. The van der Waals surface area contributed by atoms with Gasteiger partial charge in [-0.05, 0) is 121 Å². The predicted octanol–water partition coefficient (Wildman–Crippen LogP) is 4.56. The van der Waals surface area contributed by atoms with E-state index in [4.69, 9.17) is 15.6 Å².